The molecule has 1 heteroatoms. The Morgan fingerprint density at radius 1 is 1.33 bits per heavy atom. The number of hydrogen-bond acceptors (Lipinski definition) is 1. The maximum atomic E-state index is 12.0. The highest BCUT2D eigenvalue weighted by Gasteiger charge is 2.35. The van der Waals surface area contributed by atoms with Gasteiger partial charge in [-0.3, -0.25) is 4.79 Å². The largest absolute Gasteiger partial charge is 0.295 e. The monoisotopic (exact) mass is 208 g/mol. The van der Waals surface area contributed by atoms with Crippen molar-refractivity contribution in [3.63, 3.8) is 0 Å². The second-order valence-corrected chi connectivity index (χ2v) is 5.24. The van der Waals surface area contributed by atoms with Crippen molar-refractivity contribution in [2.45, 2.75) is 47.0 Å². The predicted octanol–water partition coefficient (Wildman–Crippen LogP) is 3.84. The quantitative estimate of drug-likeness (QED) is 0.644. The van der Waals surface area contributed by atoms with Crippen LogP contribution >= 0.6 is 0 Å². The van der Waals surface area contributed by atoms with Gasteiger partial charge in [0.15, 0.2) is 5.78 Å². The molecule has 0 heterocycles. The second-order valence-electron chi connectivity index (χ2n) is 5.24. The summed E-state index contributed by atoms with van der Waals surface area (Å²) in [5.74, 6) is 2.41. The maximum Gasteiger partial charge on any atom is 0.158 e. The minimum atomic E-state index is 0.273. The summed E-state index contributed by atoms with van der Waals surface area (Å²) >= 11 is 0. The van der Waals surface area contributed by atoms with Crippen LogP contribution in [0.4, 0.5) is 0 Å². The van der Waals surface area contributed by atoms with Gasteiger partial charge in [-0.2, -0.15) is 0 Å². The Balaban J connectivity index is 2.81. The van der Waals surface area contributed by atoms with Crippen molar-refractivity contribution in [1.29, 1.82) is 0 Å². The Labute approximate surface area is 93.9 Å². The Bertz CT molecular complexity index is 240. The molecule has 1 fully saturated rings. The molecule has 0 aromatic heterocycles. The third kappa shape index (κ3) is 2.93. The van der Waals surface area contributed by atoms with Crippen LogP contribution in [-0.2, 0) is 4.79 Å². The molecule has 0 aromatic rings. The number of ketones is 1. The molecule has 1 aliphatic rings. The van der Waals surface area contributed by atoms with E-state index in [4.69, 9.17) is 0 Å². The van der Waals surface area contributed by atoms with Gasteiger partial charge in [0.2, 0.25) is 0 Å². The maximum absolute atomic E-state index is 12.0. The van der Waals surface area contributed by atoms with Crippen LogP contribution in [0.15, 0.2) is 12.2 Å². The van der Waals surface area contributed by atoms with Crippen LogP contribution < -0.4 is 0 Å². The van der Waals surface area contributed by atoms with Crippen molar-refractivity contribution < 1.29 is 4.79 Å². The number of carbonyl (C=O) groups is 1. The van der Waals surface area contributed by atoms with Crippen LogP contribution in [0.25, 0.3) is 0 Å². The summed E-state index contributed by atoms with van der Waals surface area (Å²) in [6.45, 7) is 8.66. The third-order valence-electron chi connectivity index (χ3n) is 3.79. The Morgan fingerprint density at radius 2 is 2.00 bits per heavy atom. The Kier molecular flexibility index (Phi) is 4.56. The van der Waals surface area contributed by atoms with E-state index in [1.54, 1.807) is 6.08 Å². The zero-order valence-electron chi connectivity index (χ0n) is 10.5. The molecule has 0 aliphatic heterocycles. The SMILES string of the molecule is C/C=C/C(=O)C1C(C)CCCC1C(C)C. The standard InChI is InChI=1S/C14H24O/c1-5-7-13(15)14-11(4)8-6-9-12(14)10(2)3/h5,7,10-12,14H,6,8-9H2,1-4H3/b7-5+. The summed E-state index contributed by atoms with van der Waals surface area (Å²) in [6, 6.07) is 0. The smallest absolute Gasteiger partial charge is 0.158 e. The number of hydrogen-bond donors (Lipinski definition) is 0. The zero-order valence-corrected chi connectivity index (χ0v) is 10.5. The lowest BCUT2D eigenvalue weighted by molar-refractivity contribution is -0.123. The fourth-order valence-corrected chi connectivity index (χ4v) is 2.97. The minimum absolute atomic E-state index is 0.273. The highest BCUT2D eigenvalue weighted by molar-refractivity contribution is 5.92. The van der Waals surface area contributed by atoms with Crippen molar-refractivity contribution in [1.82, 2.24) is 0 Å². The van der Waals surface area contributed by atoms with E-state index in [-0.39, 0.29) is 5.92 Å². The van der Waals surface area contributed by atoms with Crippen molar-refractivity contribution in [2.75, 3.05) is 0 Å². The normalized spacial score (nSPS) is 32.5. The average Bonchev–Trinajstić information content (AvgIpc) is 2.17. The van der Waals surface area contributed by atoms with Gasteiger partial charge >= 0.3 is 0 Å². The van der Waals surface area contributed by atoms with Crippen molar-refractivity contribution in [2.24, 2.45) is 23.7 Å². The first kappa shape index (κ1) is 12.5. The molecular formula is C14H24O. The fourth-order valence-electron chi connectivity index (χ4n) is 2.97. The lowest BCUT2D eigenvalue weighted by atomic mass is 9.67. The molecule has 86 valence electrons. The molecule has 0 amide bonds. The molecule has 3 unspecified atom stereocenters. The topological polar surface area (TPSA) is 17.1 Å². The van der Waals surface area contributed by atoms with Gasteiger partial charge in [-0.25, -0.2) is 0 Å². The van der Waals surface area contributed by atoms with Crippen molar-refractivity contribution in [3.05, 3.63) is 12.2 Å². The molecule has 1 rings (SSSR count). The fraction of sp³-hybridized carbons (Fsp3) is 0.786. The molecule has 0 spiro atoms. The van der Waals surface area contributed by atoms with E-state index < -0.39 is 0 Å². The molecule has 1 aliphatic carbocycles. The predicted molar refractivity (Wildman–Crippen MR) is 64.7 cm³/mol. The highest BCUT2D eigenvalue weighted by Crippen LogP contribution is 2.39. The average molecular weight is 208 g/mol. The van der Waals surface area contributed by atoms with E-state index in [0.717, 1.165) is 0 Å². The van der Waals surface area contributed by atoms with E-state index in [9.17, 15) is 4.79 Å². The van der Waals surface area contributed by atoms with Gasteiger partial charge in [-0.05, 0) is 43.6 Å². The molecule has 0 radical (unpaired) electrons. The van der Waals surface area contributed by atoms with Crippen LogP contribution in [0.2, 0.25) is 0 Å². The molecule has 15 heavy (non-hydrogen) atoms. The van der Waals surface area contributed by atoms with Gasteiger partial charge in [-0.15, -0.1) is 0 Å². The van der Waals surface area contributed by atoms with Gasteiger partial charge in [-0.1, -0.05) is 33.3 Å². The summed E-state index contributed by atoms with van der Waals surface area (Å²) in [4.78, 5) is 12.0. The number of rotatable bonds is 3. The molecule has 0 bridgehead atoms. The van der Waals surface area contributed by atoms with E-state index >= 15 is 0 Å². The van der Waals surface area contributed by atoms with Crippen molar-refractivity contribution in [3.8, 4) is 0 Å². The van der Waals surface area contributed by atoms with Crippen LogP contribution in [0.1, 0.15) is 47.0 Å². The van der Waals surface area contributed by atoms with Gasteiger partial charge in [0.25, 0.3) is 0 Å². The summed E-state index contributed by atoms with van der Waals surface area (Å²) in [6.07, 6.45) is 7.39. The minimum Gasteiger partial charge on any atom is -0.295 e. The van der Waals surface area contributed by atoms with E-state index in [2.05, 4.69) is 20.8 Å². The highest BCUT2D eigenvalue weighted by atomic mass is 16.1. The molecule has 0 saturated heterocycles. The first-order valence-corrected chi connectivity index (χ1v) is 6.24. The summed E-state index contributed by atoms with van der Waals surface area (Å²) in [5.41, 5.74) is 0. The lowest BCUT2D eigenvalue weighted by Gasteiger charge is -2.37. The number of carbonyl (C=O) groups excluding carboxylic acids is 1. The molecular weight excluding hydrogens is 184 g/mol. The Hall–Kier alpha value is -0.590. The van der Waals surface area contributed by atoms with Crippen LogP contribution in [0, 0.1) is 23.7 Å². The third-order valence-corrected chi connectivity index (χ3v) is 3.79. The van der Waals surface area contributed by atoms with Gasteiger partial charge < -0.3 is 0 Å². The lowest BCUT2D eigenvalue weighted by Crippen LogP contribution is -2.35. The number of allylic oxidation sites excluding steroid dienone is 2. The molecule has 0 N–H and O–H groups in total. The summed E-state index contributed by atoms with van der Waals surface area (Å²) < 4.78 is 0. The van der Waals surface area contributed by atoms with Crippen LogP contribution in [0.5, 0.6) is 0 Å². The van der Waals surface area contributed by atoms with Crippen LogP contribution in [-0.4, -0.2) is 5.78 Å². The van der Waals surface area contributed by atoms with Crippen LogP contribution in [0.3, 0.4) is 0 Å². The van der Waals surface area contributed by atoms with E-state index in [1.165, 1.54) is 19.3 Å². The molecule has 0 aromatic carbocycles. The van der Waals surface area contributed by atoms with Gasteiger partial charge in [0.05, 0.1) is 0 Å². The van der Waals surface area contributed by atoms with E-state index in [0.29, 0.717) is 23.5 Å². The summed E-state index contributed by atoms with van der Waals surface area (Å²) in [7, 11) is 0. The van der Waals surface area contributed by atoms with E-state index in [1.807, 2.05) is 13.0 Å². The first-order valence-electron chi connectivity index (χ1n) is 6.24. The first-order chi connectivity index (χ1) is 7.07. The Morgan fingerprint density at radius 3 is 2.53 bits per heavy atom. The second kappa shape index (κ2) is 5.48. The van der Waals surface area contributed by atoms with Crippen molar-refractivity contribution >= 4 is 5.78 Å². The molecule has 3 atom stereocenters. The van der Waals surface area contributed by atoms with Gasteiger partial charge in [0, 0.05) is 5.92 Å². The molecule has 1 saturated carbocycles. The molecule has 1 nitrogen and oxygen atoms in total. The van der Waals surface area contributed by atoms with Gasteiger partial charge in [0.1, 0.15) is 0 Å². The summed E-state index contributed by atoms with van der Waals surface area (Å²) in [5, 5.41) is 0. The zero-order chi connectivity index (χ0) is 11.4.